The second-order valence-corrected chi connectivity index (χ2v) is 6.80. The number of nitriles is 1. The maximum Gasteiger partial charge on any atom is 0.100 e. The molecule has 1 N–H and O–H groups in total. The minimum Gasteiger partial charge on any atom is -0.382 e. The highest BCUT2D eigenvalue weighted by Crippen LogP contribution is 2.23. The topological polar surface area (TPSA) is 35.8 Å². The molecular weight excluding hydrogens is 320 g/mol. The van der Waals surface area contributed by atoms with Gasteiger partial charge in [-0.1, -0.05) is 0 Å². The molecule has 0 aliphatic rings. The number of thiophene rings is 1. The Kier molecular flexibility index (Phi) is 4.62. The fourth-order valence-electron chi connectivity index (χ4n) is 1.93. The molecule has 1 heterocycles. The smallest absolute Gasteiger partial charge is 0.100 e. The summed E-state index contributed by atoms with van der Waals surface area (Å²) in [5, 5.41) is 12.3. The standard InChI is InChI=1S/C15H15BrN2S/c1-10(7-14-6-3-11(2)19-14)18-13-5-4-12(9-17)15(16)8-13/h3-6,8,10,18H,7H2,1-2H3. The van der Waals surface area contributed by atoms with Gasteiger partial charge in [-0.2, -0.15) is 5.26 Å². The van der Waals surface area contributed by atoms with E-state index in [9.17, 15) is 0 Å². The molecule has 4 heteroatoms. The minimum atomic E-state index is 0.359. The maximum absolute atomic E-state index is 8.89. The maximum atomic E-state index is 8.89. The van der Waals surface area contributed by atoms with Crippen LogP contribution in [-0.4, -0.2) is 6.04 Å². The highest BCUT2D eigenvalue weighted by molar-refractivity contribution is 9.10. The van der Waals surface area contributed by atoms with E-state index < -0.39 is 0 Å². The van der Waals surface area contributed by atoms with Crippen LogP contribution in [0.3, 0.4) is 0 Å². The van der Waals surface area contributed by atoms with Gasteiger partial charge in [-0.15, -0.1) is 11.3 Å². The minimum absolute atomic E-state index is 0.359. The largest absolute Gasteiger partial charge is 0.382 e. The first-order valence-electron chi connectivity index (χ1n) is 6.10. The van der Waals surface area contributed by atoms with E-state index in [2.05, 4.69) is 53.3 Å². The number of nitrogens with one attached hydrogen (secondary N) is 1. The summed E-state index contributed by atoms with van der Waals surface area (Å²) >= 11 is 5.25. The molecule has 1 aromatic heterocycles. The van der Waals surface area contributed by atoms with E-state index in [0.717, 1.165) is 16.6 Å². The van der Waals surface area contributed by atoms with E-state index >= 15 is 0 Å². The van der Waals surface area contributed by atoms with Crippen molar-refractivity contribution in [3.63, 3.8) is 0 Å². The summed E-state index contributed by atoms with van der Waals surface area (Å²) in [4.78, 5) is 2.74. The molecule has 0 saturated carbocycles. The molecule has 0 radical (unpaired) electrons. The molecule has 1 aromatic carbocycles. The average molecular weight is 335 g/mol. The van der Waals surface area contributed by atoms with Crippen molar-refractivity contribution in [2.45, 2.75) is 26.3 Å². The van der Waals surface area contributed by atoms with E-state index in [1.165, 1.54) is 9.75 Å². The molecule has 2 aromatic rings. The Bertz CT molecular complexity index is 613. The van der Waals surface area contributed by atoms with Crippen molar-refractivity contribution in [3.05, 3.63) is 50.1 Å². The summed E-state index contributed by atoms with van der Waals surface area (Å²) < 4.78 is 0.833. The summed E-state index contributed by atoms with van der Waals surface area (Å²) in [5.41, 5.74) is 1.69. The zero-order valence-electron chi connectivity index (χ0n) is 10.9. The van der Waals surface area contributed by atoms with Gasteiger partial charge in [-0.05, 0) is 60.1 Å². The van der Waals surface area contributed by atoms with Crippen molar-refractivity contribution < 1.29 is 0 Å². The molecule has 0 fully saturated rings. The van der Waals surface area contributed by atoms with Gasteiger partial charge in [-0.25, -0.2) is 0 Å². The van der Waals surface area contributed by atoms with Gasteiger partial charge in [-0.3, -0.25) is 0 Å². The molecule has 0 aliphatic carbocycles. The number of nitrogens with zero attached hydrogens (tertiary/aromatic N) is 1. The Morgan fingerprint density at radius 2 is 2.16 bits per heavy atom. The van der Waals surface area contributed by atoms with Gasteiger partial charge < -0.3 is 5.32 Å². The van der Waals surface area contributed by atoms with Crippen molar-refractivity contribution in [1.82, 2.24) is 0 Å². The summed E-state index contributed by atoms with van der Waals surface area (Å²) in [7, 11) is 0. The Balaban J connectivity index is 2.01. The number of hydrogen-bond donors (Lipinski definition) is 1. The molecule has 98 valence electrons. The van der Waals surface area contributed by atoms with Gasteiger partial charge in [0.1, 0.15) is 6.07 Å². The van der Waals surface area contributed by atoms with Crippen LogP contribution in [0.25, 0.3) is 0 Å². The van der Waals surface area contributed by atoms with Gasteiger partial charge in [0.25, 0.3) is 0 Å². The van der Waals surface area contributed by atoms with Gasteiger partial charge >= 0.3 is 0 Å². The quantitative estimate of drug-likeness (QED) is 0.876. The molecule has 0 bridgehead atoms. The molecule has 0 aliphatic heterocycles. The Labute approximate surface area is 126 Å². The molecule has 19 heavy (non-hydrogen) atoms. The lowest BCUT2D eigenvalue weighted by atomic mass is 10.1. The van der Waals surface area contributed by atoms with Gasteiger partial charge in [0.05, 0.1) is 5.56 Å². The van der Waals surface area contributed by atoms with Crippen LogP contribution in [0.5, 0.6) is 0 Å². The van der Waals surface area contributed by atoms with Crippen molar-refractivity contribution in [2.75, 3.05) is 5.32 Å². The van der Waals surface area contributed by atoms with E-state index in [1.807, 2.05) is 29.5 Å². The number of anilines is 1. The van der Waals surface area contributed by atoms with Crippen LogP contribution < -0.4 is 5.32 Å². The van der Waals surface area contributed by atoms with Crippen molar-refractivity contribution >= 4 is 33.0 Å². The third-order valence-electron chi connectivity index (χ3n) is 2.81. The first-order valence-corrected chi connectivity index (χ1v) is 7.71. The first kappa shape index (κ1) is 14.1. The molecule has 2 rings (SSSR count). The summed E-state index contributed by atoms with van der Waals surface area (Å²) in [6.45, 7) is 4.30. The fraction of sp³-hybridized carbons (Fsp3) is 0.267. The highest BCUT2D eigenvalue weighted by Gasteiger charge is 2.07. The van der Waals surface area contributed by atoms with Gasteiger partial charge in [0, 0.05) is 32.4 Å². The third-order valence-corrected chi connectivity index (χ3v) is 4.49. The summed E-state index contributed by atoms with van der Waals surface area (Å²) in [6.07, 6.45) is 1.01. The second-order valence-electron chi connectivity index (χ2n) is 4.57. The monoisotopic (exact) mass is 334 g/mol. The Morgan fingerprint density at radius 3 is 2.74 bits per heavy atom. The predicted molar refractivity (Wildman–Crippen MR) is 84.7 cm³/mol. The molecular formula is C15H15BrN2S. The lowest BCUT2D eigenvalue weighted by molar-refractivity contribution is 0.800. The van der Waals surface area contributed by atoms with Gasteiger partial charge in [0.2, 0.25) is 0 Å². The second kappa shape index (κ2) is 6.23. The van der Waals surface area contributed by atoms with Crippen LogP contribution in [0.1, 0.15) is 22.2 Å². The lowest BCUT2D eigenvalue weighted by Crippen LogP contribution is -2.17. The highest BCUT2D eigenvalue weighted by atomic mass is 79.9. The molecule has 0 amide bonds. The van der Waals surface area contributed by atoms with Gasteiger partial charge in [0.15, 0.2) is 0 Å². The lowest BCUT2D eigenvalue weighted by Gasteiger charge is -2.15. The van der Waals surface area contributed by atoms with E-state index in [1.54, 1.807) is 0 Å². The summed E-state index contributed by atoms with van der Waals surface area (Å²) in [6, 6.07) is 12.6. The molecule has 1 atom stereocenters. The molecule has 0 spiro atoms. The van der Waals surface area contributed by atoms with E-state index in [4.69, 9.17) is 5.26 Å². The van der Waals surface area contributed by atoms with Crippen LogP contribution in [-0.2, 0) is 6.42 Å². The van der Waals surface area contributed by atoms with E-state index in [0.29, 0.717) is 11.6 Å². The first-order chi connectivity index (χ1) is 9.08. The zero-order valence-corrected chi connectivity index (χ0v) is 13.3. The van der Waals surface area contributed by atoms with E-state index in [-0.39, 0.29) is 0 Å². The number of hydrogen-bond acceptors (Lipinski definition) is 3. The van der Waals surface area contributed by atoms with Crippen LogP contribution >= 0.6 is 27.3 Å². The van der Waals surface area contributed by atoms with Crippen molar-refractivity contribution in [2.24, 2.45) is 0 Å². The SMILES string of the molecule is Cc1ccc(CC(C)Nc2ccc(C#N)c(Br)c2)s1. The molecule has 1 unspecified atom stereocenters. The predicted octanol–water partition coefficient (Wildman–Crippen LogP) is 4.73. The van der Waals surface area contributed by atoms with Crippen LogP contribution in [0.4, 0.5) is 5.69 Å². The average Bonchev–Trinajstić information content (AvgIpc) is 2.74. The molecule has 0 saturated heterocycles. The van der Waals surface area contributed by atoms with Crippen LogP contribution in [0, 0.1) is 18.3 Å². The summed E-state index contributed by atoms with van der Waals surface area (Å²) in [5.74, 6) is 0. The molecule has 2 nitrogen and oxygen atoms in total. The van der Waals surface area contributed by atoms with Crippen molar-refractivity contribution in [3.8, 4) is 6.07 Å². The number of aryl methyl sites for hydroxylation is 1. The number of benzene rings is 1. The normalized spacial score (nSPS) is 11.9. The third kappa shape index (κ3) is 3.82. The fourth-order valence-corrected chi connectivity index (χ4v) is 3.41. The Hall–Kier alpha value is -1.31. The zero-order chi connectivity index (χ0) is 13.8. The van der Waals surface area contributed by atoms with Crippen molar-refractivity contribution in [1.29, 1.82) is 5.26 Å². The number of rotatable bonds is 4. The number of halogens is 1. The van der Waals surface area contributed by atoms with Crippen LogP contribution in [0.2, 0.25) is 0 Å². The van der Waals surface area contributed by atoms with Crippen LogP contribution in [0.15, 0.2) is 34.8 Å². The Morgan fingerprint density at radius 1 is 1.37 bits per heavy atom.